The Hall–Kier alpha value is -1.81. The number of aryl methyl sites for hydroxylation is 1. The van der Waals surface area contributed by atoms with Gasteiger partial charge in [0.05, 0.1) is 6.20 Å². The Balaban J connectivity index is 1.43. The molecule has 3 rings (SSSR count). The molecule has 1 heterocycles. The van der Waals surface area contributed by atoms with Crippen molar-refractivity contribution in [3.05, 3.63) is 41.7 Å². The number of nitrogens with one attached hydrogen (secondary N) is 1. The van der Waals surface area contributed by atoms with Gasteiger partial charge in [-0.1, -0.05) is 43.0 Å². The lowest BCUT2D eigenvalue weighted by Crippen LogP contribution is -2.36. The van der Waals surface area contributed by atoms with Crippen LogP contribution in [0.2, 0.25) is 5.02 Å². The fraction of sp³-hybridized carbons (Fsp3) is 0.474. The van der Waals surface area contributed by atoms with Crippen LogP contribution in [0.15, 0.2) is 36.7 Å². The summed E-state index contributed by atoms with van der Waals surface area (Å²) in [7, 11) is 0. The number of halogens is 1. The van der Waals surface area contributed by atoms with Crippen molar-refractivity contribution in [2.24, 2.45) is 0 Å². The van der Waals surface area contributed by atoms with E-state index < -0.39 is 0 Å². The Morgan fingerprint density at radius 2 is 1.92 bits per heavy atom. The smallest absolute Gasteiger partial charge is 0.220 e. The molecule has 1 aliphatic rings. The first-order valence-electron chi connectivity index (χ1n) is 8.78. The highest BCUT2D eigenvalue weighted by atomic mass is 35.5. The fourth-order valence-corrected chi connectivity index (χ4v) is 3.35. The van der Waals surface area contributed by atoms with Crippen LogP contribution in [0.5, 0.6) is 0 Å². The molecule has 1 saturated carbocycles. The minimum absolute atomic E-state index is 0.173. The number of hydrogen-bond acceptors (Lipinski definition) is 2. The normalized spacial score (nSPS) is 15.4. The van der Waals surface area contributed by atoms with Crippen molar-refractivity contribution >= 4 is 17.5 Å². The zero-order valence-electron chi connectivity index (χ0n) is 13.9. The summed E-state index contributed by atoms with van der Waals surface area (Å²) in [6.45, 7) is 0.756. The molecule has 0 spiro atoms. The third-order valence-corrected chi connectivity index (χ3v) is 4.82. The van der Waals surface area contributed by atoms with Gasteiger partial charge in [-0.3, -0.25) is 9.48 Å². The van der Waals surface area contributed by atoms with Crippen molar-refractivity contribution in [1.82, 2.24) is 15.1 Å². The summed E-state index contributed by atoms with van der Waals surface area (Å²) >= 11 is 5.91. The van der Waals surface area contributed by atoms with Crippen LogP contribution in [0.4, 0.5) is 0 Å². The van der Waals surface area contributed by atoms with Crippen LogP contribution in [0.1, 0.15) is 44.9 Å². The van der Waals surface area contributed by atoms with E-state index in [0.29, 0.717) is 12.5 Å². The predicted octanol–water partition coefficient (Wildman–Crippen LogP) is 4.43. The Morgan fingerprint density at radius 1 is 1.17 bits per heavy atom. The molecular weight excluding hydrogens is 322 g/mol. The topological polar surface area (TPSA) is 46.9 Å². The molecule has 0 atom stereocenters. The molecule has 0 unspecified atom stereocenters. The van der Waals surface area contributed by atoms with Gasteiger partial charge in [-0.25, -0.2) is 0 Å². The summed E-state index contributed by atoms with van der Waals surface area (Å²) in [5.74, 6) is 0.173. The number of aromatic nitrogens is 2. The van der Waals surface area contributed by atoms with Gasteiger partial charge in [0.25, 0.3) is 0 Å². The molecule has 1 amide bonds. The van der Waals surface area contributed by atoms with Gasteiger partial charge in [0.15, 0.2) is 0 Å². The van der Waals surface area contributed by atoms with E-state index in [1.807, 2.05) is 41.3 Å². The summed E-state index contributed by atoms with van der Waals surface area (Å²) in [5, 5.41) is 8.27. The monoisotopic (exact) mass is 345 g/mol. The van der Waals surface area contributed by atoms with Crippen molar-refractivity contribution in [3.63, 3.8) is 0 Å². The van der Waals surface area contributed by atoms with E-state index in [1.54, 1.807) is 0 Å². The zero-order chi connectivity index (χ0) is 16.8. The molecule has 5 heteroatoms. The molecule has 1 aromatic carbocycles. The minimum atomic E-state index is 0.173. The van der Waals surface area contributed by atoms with Gasteiger partial charge in [0.1, 0.15) is 0 Å². The molecule has 1 N–H and O–H groups in total. The van der Waals surface area contributed by atoms with Crippen LogP contribution < -0.4 is 5.32 Å². The number of hydrogen-bond donors (Lipinski definition) is 1. The van der Waals surface area contributed by atoms with E-state index in [1.165, 1.54) is 19.3 Å². The lowest BCUT2D eigenvalue weighted by Gasteiger charge is -2.22. The SMILES string of the molecule is O=C(CCCn1cc(-c2ccc(Cl)cc2)cn1)NC1CCCCC1. The average Bonchev–Trinajstić information content (AvgIpc) is 3.05. The molecule has 0 radical (unpaired) electrons. The van der Waals surface area contributed by atoms with Crippen molar-refractivity contribution in [3.8, 4) is 11.1 Å². The lowest BCUT2D eigenvalue weighted by molar-refractivity contribution is -0.122. The molecule has 0 bridgehead atoms. The van der Waals surface area contributed by atoms with Crippen LogP contribution in [0.25, 0.3) is 11.1 Å². The number of amides is 1. The van der Waals surface area contributed by atoms with Crippen LogP contribution in [-0.2, 0) is 11.3 Å². The predicted molar refractivity (Wildman–Crippen MR) is 96.9 cm³/mol. The second-order valence-corrected chi connectivity index (χ2v) is 6.94. The Labute approximate surface area is 148 Å². The van der Waals surface area contributed by atoms with E-state index in [0.717, 1.165) is 42.0 Å². The molecule has 128 valence electrons. The third kappa shape index (κ3) is 4.84. The van der Waals surface area contributed by atoms with Gasteiger partial charge in [-0.15, -0.1) is 0 Å². The Bertz CT molecular complexity index is 660. The quantitative estimate of drug-likeness (QED) is 0.841. The molecule has 4 nitrogen and oxygen atoms in total. The van der Waals surface area contributed by atoms with E-state index >= 15 is 0 Å². The second-order valence-electron chi connectivity index (χ2n) is 6.50. The highest BCUT2D eigenvalue weighted by molar-refractivity contribution is 6.30. The molecule has 1 fully saturated rings. The molecule has 0 saturated heterocycles. The molecule has 1 aliphatic carbocycles. The van der Waals surface area contributed by atoms with Gasteiger partial charge in [-0.05, 0) is 37.0 Å². The van der Waals surface area contributed by atoms with Gasteiger partial charge in [-0.2, -0.15) is 5.10 Å². The molecule has 1 aromatic heterocycles. The minimum Gasteiger partial charge on any atom is -0.353 e. The van der Waals surface area contributed by atoms with Gasteiger partial charge in [0, 0.05) is 35.8 Å². The Morgan fingerprint density at radius 3 is 2.67 bits per heavy atom. The lowest BCUT2D eigenvalue weighted by atomic mass is 9.95. The van der Waals surface area contributed by atoms with E-state index in [2.05, 4.69) is 10.4 Å². The van der Waals surface area contributed by atoms with Crippen LogP contribution in [0, 0.1) is 0 Å². The first-order chi connectivity index (χ1) is 11.7. The summed E-state index contributed by atoms with van der Waals surface area (Å²) in [6, 6.07) is 8.13. The van der Waals surface area contributed by atoms with E-state index in [-0.39, 0.29) is 5.91 Å². The third-order valence-electron chi connectivity index (χ3n) is 4.57. The Kier molecular flexibility index (Phi) is 5.91. The summed E-state index contributed by atoms with van der Waals surface area (Å²) < 4.78 is 1.90. The number of carbonyl (C=O) groups excluding carboxylic acids is 1. The summed E-state index contributed by atoms with van der Waals surface area (Å²) in [5.41, 5.74) is 2.17. The number of benzene rings is 1. The highest BCUT2D eigenvalue weighted by Crippen LogP contribution is 2.21. The average molecular weight is 346 g/mol. The van der Waals surface area contributed by atoms with Crippen molar-refractivity contribution < 1.29 is 4.79 Å². The maximum atomic E-state index is 12.0. The molecule has 24 heavy (non-hydrogen) atoms. The second kappa shape index (κ2) is 8.34. The summed E-state index contributed by atoms with van der Waals surface area (Å²) in [4.78, 5) is 12.0. The fourth-order valence-electron chi connectivity index (χ4n) is 3.23. The largest absolute Gasteiger partial charge is 0.353 e. The number of carbonyl (C=O) groups is 1. The van der Waals surface area contributed by atoms with Crippen molar-refractivity contribution in [1.29, 1.82) is 0 Å². The van der Waals surface area contributed by atoms with Gasteiger partial charge in [0.2, 0.25) is 5.91 Å². The summed E-state index contributed by atoms with van der Waals surface area (Å²) in [6.07, 6.45) is 11.3. The van der Waals surface area contributed by atoms with Crippen molar-refractivity contribution in [2.45, 2.75) is 57.5 Å². The zero-order valence-corrected chi connectivity index (χ0v) is 14.6. The molecule has 0 aliphatic heterocycles. The van der Waals surface area contributed by atoms with Crippen LogP contribution in [0.3, 0.4) is 0 Å². The van der Waals surface area contributed by atoms with E-state index in [4.69, 9.17) is 11.6 Å². The first-order valence-corrected chi connectivity index (χ1v) is 9.16. The first kappa shape index (κ1) is 17.0. The van der Waals surface area contributed by atoms with Gasteiger partial charge >= 0.3 is 0 Å². The van der Waals surface area contributed by atoms with Crippen LogP contribution in [-0.4, -0.2) is 21.7 Å². The molecular formula is C19H24ClN3O. The number of nitrogens with zero attached hydrogens (tertiary/aromatic N) is 2. The highest BCUT2D eigenvalue weighted by Gasteiger charge is 2.15. The molecule has 2 aromatic rings. The maximum absolute atomic E-state index is 12.0. The van der Waals surface area contributed by atoms with Crippen molar-refractivity contribution in [2.75, 3.05) is 0 Å². The van der Waals surface area contributed by atoms with Gasteiger partial charge < -0.3 is 5.32 Å². The van der Waals surface area contributed by atoms with Crippen LogP contribution >= 0.6 is 11.6 Å². The number of rotatable bonds is 6. The maximum Gasteiger partial charge on any atom is 0.220 e. The standard InChI is InChI=1S/C19H24ClN3O/c20-17-10-8-15(9-11-17)16-13-21-23(14-16)12-4-7-19(24)22-18-5-2-1-3-6-18/h8-11,13-14,18H,1-7,12H2,(H,22,24). The van der Waals surface area contributed by atoms with E-state index in [9.17, 15) is 4.79 Å².